The number of para-hydroxylation sites is 2. The van der Waals surface area contributed by atoms with E-state index in [0.29, 0.717) is 63.6 Å². The molecule has 0 aromatic heterocycles. The second kappa shape index (κ2) is 55.1. The van der Waals surface area contributed by atoms with Crippen molar-refractivity contribution in [3.8, 4) is 34.5 Å². The number of fused-ring (bicyclic) bond motifs is 3. The van der Waals surface area contributed by atoms with Crippen molar-refractivity contribution in [2.45, 2.75) is 201 Å². The topological polar surface area (TPSA) is 118 Å². The van der Waals surface area contributed by atoms with Gasteiger partial charge in [-0.1, -0.05) is 282 Å². The van der Waals surface area contributed by atoms with Crippen LogP contribution in [0.5, 0.6) is 34.5 Å². The maximum atomic E-state index is 5.72. The van der Waals surface area contributed by atoms with Gasteiger partial charge in [0.25, 0.3) is 0 Å². The summed E-state index contributed by atoms with van der Waals surface area (Å²) in [5.41, 5.74) is 6.29. The molecule has 9 aromatic carbocycles. The first-order valence-electron chi connectivity index (χ1n) is 37.3. The average Bonchev–Trinajstić information content (AvgIpc) is 0.979. The van der Waals surface area contributed by atoms with E-state index in [1.54, 1.807) is 7.11 Å². The molecule has 0 saturated carbocycles. The van der Waals surface area contributed by atoms with E-state index in [0.717, 1.165) is 80.4 Å². The third-order valence-corrected chi connectivity index (χ3v) is 14.0. The zero-order valence-electron chi connectivity index (χ0n) is 65.1. The zero-order valence-corrected chi connectivity index (χ0v) is 65.1. The highest BCUT2D eigenvalue weighted by Gasteiger charge is 2.26. The predicted octanol–water partition coefficient (Wildman–Crippen LogP) is 23.3. The molecule has 5 heterocycles. The van der Waals surface area contributed by atoms with Gasteiger partial charge in [-0.25, -0.2) is 0 Å². The molecule has 5 saturated heterocycles. The summed E-state index contributed by atoms with van der Waals surface area (Å²) >= 11 is 0. The second-order valence-corrected chi connectivity index (χ2v) is 23.5. The lowest BCUT2D eigenvalue weighted by Gasteiger charge is -2.13. The largest absolute Gasteiger partial charge is 0.496 e. The second-order valence-electron chi connectivity index (χ2n) is 23.5. The highest BCUT2D eigenvalue weighted by atomic mass is 16.6. The van der Waals surface area contributed by atoms with E-state index in [1.807, 2.05) is 171 Å². The van der Waals surface area contributed by atoms with Crippen molar-refractivity contribution in [3.63, 3.8) is 0 Å². The Balaban J connectivity index is 0.000000390. The number of ether oxygens (including phenoxy) is 11. The van der Waals surface area contributed by atoms with Crippen LogP contribution in [0.2, 0.25) is 0 Å². The fraction of sp³-hybridized carbons (Fsp3) is 0.461. The van der Waals surface area contributed by atoms with Gasteiger partial charge in [0.2, 0.25) is 0 Å². The summed E-state index contributed by atoms with van der Waals surface area (Å²) in [6.07, 6.45) is 8.69. The minimum Gasteiger partial charge on any atom is -0.496 e. The van der Waals surface area contributed by atoms with Gasteiger partial charge in [0.1, 0.15) is 98.1 Å². The summed E-state index contributed by atoms with van der Waals surface area (Å²) in [4.78, 5) is 0. The van der Waals surface area contributed by atoms with Crippen molar-refractivity contribution in [2.24, 2.45) is 0 Å². The van der Waals surface area contributed by atoms with Crippen molar-refractivity contribution in [1.29, 1.82) is 0 Å². The van der Waals surface area contributed by atoms with E-state index in [2.05, 4.69) is 149 Å². The predicted molar refractivity (Wildman–Crippen MR) is 425 cm³/mol. The normalized spacial score (nSPS) is 15.7. The molecule has 100 heavy (non-hydrogen) atoms. The van der Waals surface area contributed by atoms with Crippen molar-refractivity contribution in [3.05, 3.63) is 216 Å². The van der Waals surface area contributed by atoms with E-state index >= 15 is 0 Å². The summed E-state index contributed by atoms with van der Waals surface area (Å²) in [5, 5.41) is 7.54. The monoisotopic (exact) mass is 1370 g/mol. The molecule has 5 aliphatic heterocycles. The molecule has 0 amide bonds. The van der Waals surface area contributed by atoms with Gasteiger partial charge in [-0.2, -0.15) is 0 Å². The van der Waals surface area contributed by atoms with E-state index in [-0.39, 0.29) is 0 Å². The Kier molecular flexibility index (Phi) is 48.7. The van der Waals surface area contributed by atoms with Gasteiger partial charge in [-0.05, 0) is 126 Å². The summed E-state index contributed by atoms with van der Waals surface area (Å²) < 4.78 is 58.7. The Morgan fingerprint density at radius 2 is 0.650 bits per heavy atom. The third-order valence-electron chi connectivity index (χ3n) is 14.0. The lowest BCUT2D eigenvalue weighted by molar-refractivity contribution is 0.262. The van der Waals surface area contributed by atoms with Crippen LogP contribution < -0.4 is 28.4 Å². The number of rotatable bonds is 18. The number of hydrogen-bond donors (Lipinski definition) is 0. The molecule has 11 nitrogen and oxygen atoms in total. The molecule has 5 unspecified atom stereocenters. The van der Waals surface area contributed by atoms with E-state index in [1.165, 1.54) is 85.8 Å². The van der Waals surface area contributed by atoms with E-state index in [9.17, 15) is 0 Å². The van der Waals surface area contributed by atoms with Gasteiger partial charge in [-0.15, -0.1) is 0 Å². The smallest absolute Gasteiger partial charge is 0.127 e. The van der Waals surface area contributed by atoms with Crippen LogP contribution in [-0.2, 0) is 36.5 Å². The minimum atomic E-state index is 0.309. The van der Waals surface area contributed by atoms with Crippen LogP contribution in [0.3, 0.4) is 0 Å². The molecule has 5 aliphatic rings. The Morgan fingerprint density at radius 1 is 0.310 bits per heavy atom. The molecule has 5 atom stereocenters. The molecule has 14 rings (SSSR count). The quantitative estimate of drug-likeness (QED) is 0.0764. The summed E-state index contributed by atoms with van der Waals surface area (Å²) in [6.45, 7) is 47.1. The molecule has 9 aromatic rings. The molecule has 550 valence electrons. The number of benzene rings is 9. The molecule has 0 radical (unpaired) electrons. The van der Waals surface area contributed by atoms with Crippen LogP contribution in [0.4, 0.5) is 0 Å². The Morgan fingerprint density at radius 3 is 1.07 bits per heavy atom. The lowest BCUT2D eigenvalue weighted by Crippen LogP contribution is -2.04. The van der Waals surface area contributed by atoms with Crippen molar-refractivity contribution >= 4 is 32.3 Å². The van der Waals surface area contributed by atoms with Crippen LogP contribution in [0, 0.1) is 20.8 Å². The van der Waals surface area contributed by atoms with Crippen molar-refractivity contribution in [2.75, 3.05) is 73.2 Å². The molecule has 0 bridgehead atoms. The standard InChI is InChI=1S/C15H18O.2C13H12O2.3C10H12O2.4C3H8.3C2H6/c1-4-11-10-15(16-3)12(5-2)14-9-7-6-8-13(11)14;1-2-6-12-10(4-1)5-3-7-13(12)15-9-11-8-14-11;1-2-4-11-7-12(6-5-10(11)3-1)14-8-13-9-15-13;1-8-2-4-9(5-3-8)11-6-10-7-12-10;2*1-8-4-2-3-5-10(8)12-7-9-6-11-9;4*1-3-2;3*1-2/h6-10H,4-5H2,1-3H3;1-7,11H,8-9H2;1-7,13H,8-9H2;2-5,10H,6-7H2,1H3;2*2-5,9H,6-7H2,1H3;4*3H2,1-2H3;3*1-2H3. The highest BCUT2D eigenvalue weighted by molar-refractivity contribution is 5.91. The third kappa shape index (κ3) is 37.7. The molecule has 0 spiro atoms. The SMILES string of the molecule is CC.CC.CC.CCC.CCC.CCC.CCC.CCc1cc(OC)c(CC)c2ccccc12.Cc1ccc(OCC2CO2)cc1.Cc1ccccc1OCC1CO1.Cc1ccccc1OCC1CO1.c1ccc2c(OCC3CO3)cccc2c1.c1ccc2cc(OCC3CO3)ccc2c1. The fourth-order valence-electron chi connectivity index (χ4n) is 8.72. The maximum Gasteiger partial charge on any atom is 0.127 e. The first-order chi connectivity index (χ1) is 48.9. The van der Waals surface area contributed by atoms with Crippen LogP contribution in [0.1, 0.15) is 164 Å². The zero-order chi connectivity index (χ0) is 73.7. The molecule has 0 aliphatic carbocycles. The summed E-state index contributed by atoms with van der Waals surface area (Å²) in [5.74, 6) is 5.75. The van der Waals surface area contributed by atoms with Crippen molar-refractivity contribution in [1.82, 2.24) is 0 Å². The van der Waals surface area contributed by atoms with Gasteiger partial charge in [0.15, 0.2) is 0 Å². The molecular formula is C89H128O11. The van der Waals surface area contributed by atoms with Crippen LogP contribution in [-0.4, -0.2) is 104 Å². The molecular weight excluding hydrogens is 1240 g/mol. The Bertz CT molecular complexity index is 3380. The van der Waals surface area contributed by atoms with E-state index in [4.69, 9.17) is 52.1 Å². The van der Waals surface area contributed by atoms with Crippen LogP contribution >= 0.6 is 0 Å². The summed E-state index contributed by atoms with van der Waals surface area (Å²) in [7, 11) is 1.75. The lowest BCUT2D eigenvalue weighted by atomic mass is 9.96. The van der Waals surface area contributed by atoms with Gasteiger partial charge >= 0.3 is 0 Å². The van der Waals surface area contributed by atoms with Gasteiger partial charge in [-0.3, -0.25) is 0 Å². The van der Waals surface area contributed by atoms with Gasteiger partial charge in [0.05, 0.1) is 40.1 Å². The highest BCUT2D eigenvalue weighted by Crippen LogP contribution is 2.32. The minimum absolute atomic E-state index is 0.309. The Labute approximate surface area is 605 Å². The molecule has 0 N–H and O–H groups in total. The van der Waals surface area contributed by atoms with E-state index < -0.39 is 0 Å². The maximum absolute atomic E-state index is 5.72. The Hall–Kier alpha value is -7.64. The number of methoxy groups -OCH3 is 1. The average molecular weight is 1370 g/mol. The van der Waals surface area contributed by atoms with Gasteiger partial charge < -0.3 is 52.1 Å². The van der Waals surface area contributed by atoms with Gasteiger partial charge in [0, 0.05) is 10.9 Å². The first kappa shape index (κ1) is 88.4. The first-order valence-corrected chi connectivity index (χ1v) is 37.3. The molecule has 5 fully saturated rings. The molecule has 11 heteroatoms. The van der Waals surface area contributed by atoms with Crippen molar-refractivity contribution < 1.29 is 52.1 Å². The van der Waals surface area contributed by atoms with Crippen LogP contribution in [0.15, 0.2) is 188 Å². The van der Waals surface area contributed by atoms with Crippen LogP contribution in [0.25, 0.3) is 32.3 Å². The fourth-order valence-corrected chi connectivity index (χ4v) is 8.72. The number of epoxide rings is 5. The number of hydrogen-bond acceptors (Lipinski definition) is 11. The summed E-state index contributed by atoms with van der Waals surface area (Å²) in [6, 6.07) is 63.7. The number of aryl methyl sites for hydroxylation is 5.